The van der Waals surface area contributed by atoms with Crippen molar-refractivity contribution < 1.29 is 24.5 Å². The van der Waals surface area contributed by atoms with Crippen LogP contribution in [0.2, 0.25) is 0 Å². The van der Waals surface area contributed by atoms with E-state index >= 15 is 0 Å². The zero-order valence-corrected chi connectivity index (χ0v) is 23.2. The number of amides is 2. The van der Waals surface area contributed by atoms with Gasteiger partial charge in [0.2, 0.25) is 17.7 Å². The molecule has 2 aliphatic heterocycles. The molecule has 0 spiro atoms. The number of nitrogens with one attached hydrogen (secondary N) is 1. The van der Waals surface area contributed by atoms with E-state index in [1.807, 2.05) is 49.4 Å². The van der Waals surface area contributed by atoms with Gasteiger partial charge in [-0.15, -0.1) is 0 Å². The highest BCUT2D eigenvalue weighted by Crippen LogP contribution is 2.40. The number of hydrogen-bond donors (Lipinski definition) is 3. The van der Waals surface area contributed by atoms with E-state index in [1.165, 1.54) is 4.90 Å². The summed E-state index contributed by atoms with van der Waals surface area (Å²) in [6.45, 7) is 3.26. The number of nitrogens with zero attached hydrogens (tertiary/aromatic N) is 5. The predicted octanol–water partition coefficient (Wildman–Crippen LogP) is 4.69. The summed E-state index contributed by atoms with van der Waals surface area (Å²) in [4.78, 5) is 41.1. The summed E-state index contributed by atoms with van der Waals surface area (Å²) in [5.41, 5.74) is 2.97. The minimum atomic E-state index is -0.925. The molecule has 2 amide bonds. The number of hydrogen-bond acceptors (Lipinski definition) is 8. The van der Waals surface area contributed by atoms with Crippen molar-refractivity contribution in [1.29, 1.82) is 0 Å². The number of aromatic nitrogens is 3. The molecule has 3 N–H and O–H groups in total. The molecule has 0 radical (unpaired) electrons. The molecule has 2 unspecified atom stereocenters. The number of aliphatic hydroxyl groups is 1. The van der Waals surface area contributed by atoms with Crippen LogP contribution in [0.3, 0.4) is 0 Å². The van der Waals surface area contributed by atoms with Gasteiger partial charge in [-0.25, -0.2) is 19.7 Å². The van der Waals surface area contributed by atoms with Crippen molar-refractivity contribution in [3.8, 4) is 22.9 Å². The first-order valence-corrected chi connectivity index (χ1v) is 14.1. The van der Waals surface area contributed by atoms with Gasteiger partial charge in [0.15, 0.2) is 0 Å². The Morgan fingerprint density at radius 3 is 2.74 bits per heavy atom. The van der Waals surface area contributed by atoms with Gasteiger partial charge in [0.1, 0.15) is 5.75 Å². The van der Waals surface area contributed by atoms with E-state index in [0.717, 1.165) is 34.9 Å². The maximum Gasteiger partial charge on any atom is 0.407 e. The van der Waals surface area contributed by atoms with Gasteiger partial charge in [-0.1, -0.05) is 24.3 Å². The second-order valence-electron chi connectivity index (χ2n) is 10.7. The van der Waals surface area contributed by atoms with Gasteiger partial charge < -0.3 is 30.1 Å². The molecule has 2 atom stereocenters. The molecule has 4 aromatic rings. The standard InChI is InChI=1S/C31H32N6O5/c1-19-9-10-22-23(6-2-8-26(22)37-16-12-20(18-38)29(37)39)27(19)42-28-24(7-3-13-32-28)25-11-14-33-30(35-25)34-21-5-4-15-36(17-21)31(40)41/h2-3,6-11,13-14,20-21,38H,4-5,12,15-18H2,1H3,(H,40,41)(H,33,34,35). The fourth-order valence-electron chi connectivity index (χ4n) is 5.73. The van der Waals surface area contributed by atoms with Gasteiger partial charge in [-0.2, -0.15) is 0 Å². The number of carbonyl (C=O) groups is 2. The molecule has 6 rings (SSSR count). The molecular formula is C31H32N6O5. The average molecular weight is 569 g/mol. The second-order valence-corrected chi connectivity index (χ2v) is 10.7. The Bertz CT molecular complexity index is 1650. The van der Waals surface area contributed by atoms with E-state index in [1.54, 1.807) is 23.4 Å². The Morgan fingerprint density at radius 1 is 1.05 bits per heavy atom. The highest BCUT2D eigenvalue weighted by molar-refractivity contribution is 6.07. The number of likely N-dealkylation sites (tertiary alicyclic amines) is 1. The number of aryl methyl sites for hydroxylation is 1. The topological polar surface area (TPSA) is 141 Å². The molecule has 11 nitrogen and oxygen atoms in total. The second kappa shape index (κ2) is 11.6. The molecule has 0 aliphatic carbocycles. The smallest absolute Gasteiger partial charge is 0.407 e. The summed E-state index contributed by atoms with van der Waals surface area (Å²) in [5.74, 6) is 0.955. The first-order valence-electron chi connectivity index (χ1n) is 14.1. The van der Waals surface area contributed by atoms with Gasteiger partial charge in [-0.3, -0.25) is 4.79 Å². The number of carboxylic acid groups (broad SMARTS) is 1. The van der Waals surface area contributed by atoms with E-state index in [0.29, 0.717) is 54.9 Å². The molecule has 11 heteroatoms. The van der Waals surface area contributed by atoms with E-state index in [2.05, 4.69) is 15.3 Å². The number of aliphatic hydroxyl groups excluding tert-OH is 1. The summed E-state index contributed by atoms with van der Waals surface area (Å²) in [6, 6.07) is 15.1. The summed E-state index contributed by atoms with van der Waals surface area (Å²) in [5, 5.41) is 24.0. The first kappa shape index (κ1) is 27.4. The van der Waals surface area contributed by atoms with E-state index < -0.39 is 6.09 Å². The number of rotatable bonds is 7. The third-order valence-electron chi connectivity index (χ3n) is 7.94. The zero-order chi connectivity index (χ0) is 29.2. The minimum Gasteiger partial charge on any atom is -0.465 e. The Balaban J connectivity index is 1.31. The lowest BCUT2D eigenvalue weighted by atomic mass is 10.0. The maximum absolute atomic E-state index is 12.9. The van der Waals surface area contributed by atoms with Crippen LogP contribution in [0.4, 0.5) is 16.4 Å². The van der Waals surface area contributed by atoms with Gasteiger partial charge >= 0.3 is 6.09 Å². The molecule has 2 fully saturated rings. The average Bonchev–Trinajstić information content (AvgIpc) is 3.38. The molecular weight excluding hydrogens is 536 g/mol. The molecule has 2 saturated heterocycles. The van der Waals surface area contributed by atoms with Crippen LogP contribution in [0.1, 0.15) is 24.8 Å². The molecule has 0 saturated carbocycles. The summed E-state index contributed by atoms with van der Waals surface area (Å²) in [7, 11) is 0. The third-order valence-corrected chi connectivity index (χ3v) is 7.94. The van der Waals surface area contributed by atoms with Crippen molar-refractivity contribution in [2.45, 2.75) is 32.2 Å². The fourth-order valence-corrected chi connectivity index (χ4v) is 5.73. The highest BCUT2D eigenvalue weighted by Gasteiger charge is 2.33. The highest BCUT2D eigenvalue weighted by atomic mass is 16.5. The molecule has 2 aromatic heterocycles. The molecule has 2 aromatic carbocycles. The van der Waals surface area contributed by atoms with E-state index in [9.17, 15) is 19.8 Å². The monoisotopic (exact) mass is 568 g/mol. The lowest BCUT2D eigenvalue weighted by Crippen LogP contribution is -2.44. The quantitative estimate of drug-likeness (QED) is 0.289. The number of pyridine rings is 1. The number of anilines is 2. The minimum absolute atomic E-state index is 0.0721. The number of ether oxygens (including phenoxy) is 1. The van der Waals surface area contributed by atoms with Crippen molar-refractivity contribution in [2.24, 2.45) is 5.92 Å². The Labute approximate surface area is 242 Å². The van der Waals surface area contributed by atoms with Gasteiger partial charge in [0.25, 0.3) is 0 Å². The molecule has 216 valence electrons. The molecule has 0 bridgehead atoms. The number of benzene rings is 2. The first-order chi connectivity index (χ1) is 20.4. The van der Waals surface area contributed by atoms with Crippen molar-refractivity contribution in [3.05, 3.63) is 66.5 Å². The zero-order valence-electron chi connectivity index (χ0n) is 23.2. The predicted molar refractivity (Wildman–Crippen MR) is 158 cm³/mol. The fraction of sp³-hybridized carbons (Fsp3) is 0.323. The van der Waals surface area contributed by atoms with Crippen LogP contribution in [-0.2, 0) is 4.79 Å². The van der Waals surface area contributed by atoms with E-state index in [-0.39, 0.29) is 24.5 Å². The number of carbonyl (C=O) groups excluding carboxylic acids is 1. The van der Waals surface area contributed by atoms with Gasteiger partial charge in [0, 0.05) is 48.8 Å². The van der Waals surface area contributed by atoms with Crippen molar-refractivity contribution in [1.82, 2.24) is 19.9 Å². The SMILES string of the molecule is Cc1ccc2c(N3CCC(CO)C3=O)cccc2c1Oc1ncccc1-c1ccnc(NC2CCCN(C(=O)O)C2)n1. The Hall–Kier alpha value is -4.77. The number of piperidine rings is 1. The van der Waals surface area contributed by atoms with Crippen LogP contribution in [0.25, 0.3) is 22.0 Å². The van der Waals surface area contributed by atoms with E-state index in [4.69, 9.17) is 9.72 Å². The van der Waals surface area contributed by atoms with Crippen molar-refractivity contribution in [2.75, 3.05) is 36.5 Å². The van der Waals surface area contributed by atoms with Crippen LogP contribution < -0.4 is 15.0 Å². The van der Waals surface area contributed by atoms with Crippen LogP contribution in [0.5, 0.6) is 11.6 Å². The normalized spacial score (nSPS) is 18.9. The molecule has 2 aliphatic rings. The Morgan fingerprint density at radius 2 is 1.93 bits per heavy atom. The van der Waals surface area contributed by atoms with Crippen LogP contribution >= 0.6 is 0 Å². The summed E-state index contributed by atoms with van der Waals surface area (Å²) < 4.78 is 6.52. The largest absolute Gasteiger partial charge is 0.465 e. The lowest BCUT2D eigenvalue weighted by molar-refractivity contribution is -0.121. The molecule has 42 heavy (non-hydrogen) atoms. The van der Waals surface area contributed by atoms with Crippen LogP contribution in [-0.4, -0.2) is 74.3 Å². The lowest BCUT2D eigenvalue weighted by Gasteiger charge is -2.31. The van der Waals surface area contributed by atoms with Gasteiger partial charge in [-0.05, 0) is 56.0 Å². The summed E-state index contributed by atoms with van der Waals surface area (Å²) in [6.07, 6.45) is 4.60. The van der Waals surface area contributed by atoms with Crippen LogP contribution in [0.15, 0.2) is 60.9 Å². The Kier molecular flexibility index (Phi) is 7.58. The van der Waals surface area contributed by atoms with Crippen molar-refractivity contribution >= 4 is 34.4 Å². The third kappa shape index (κ3) is 5.30. The molecule has 4 heterocycles. The number of fused-ring (bicyclic) bond motifs is 1. The van der Waals surface area contributed by atoms with Gasteiger partial charge in [0.05, 0.1) is 29.5 Å². The van der Waals surface area contributed by atoms with Crippen molar-refractivity contribution in [3.63, 3.8) is 0 Å². The summed E-state index contributed by atoms with van der Waals surface area (Å²) >= 11 is 0. The maximum atomic E-state index is 12.9. The van der Waals surface area contributed by atoms with Crippen LogP contribution in [0, 0.1) is 12.8 Å².